The number of aromatic nitrogens is 1. The van der Waals surface area contributed by atoms with Gasteiger partial charge in [-0.2, -0.15) is 5.26 Å². The molecule has 1 saturated carbocycles. The second-order valence-corrected chi connectivity index (χ2v) is 7.23. The molecule has 2 aromatic rings. The molecule has 27 heavy (non-hydrogen) atoms. The monoisotopic (exact) mass is 359 g/mol. The number of dihydropyridines is 1. The average Bonchev–Trinajstić information content (AvgIpc) is 3.45. The Morgan fingerprint density at radius 3 is 2.96 bits per heavy atom. The number of anilines is 2. The zero-order valence-corrected chi connectivity index (χ0v) is 15.3. The van der Waals surface area contributed by atoms with E-state index in [1.54, 1.807) is 6.20 Å². The van der Waals surface area contributed by atoms with Gasteiger partial charge in [-0.25, -0.2) is 4.98 Å². The van der Waals surface area contributed by atoms with Crippen LogP contribution in [0.3, 0.4) is 0 Å². The molecular formula is C21H21N5O. The zero-order chi connectivity index (χ0) is 19.1. The van der Waals surface area contributed by atoms with Gasteiger partial charge in [-0.15, -0.1) is 0 Å². The fraction of sp³-hybridized carbons (Fsp3) is 0.286. The minimum Gasteiger partial charge on any atom is -0.398 e. The van der Waals surface area contributed by atoms with E-state index in [4.69, 9.17) is 11.0 Å². The van der Waals surface area contributed by atoms with E-state index in [0.29, 0.717) is 17.9 Å². The minimum atomic E-state index is -0.225. The molecule has 0 bridgehead atoms. The van der Waals surface area contributed by atoms with E-state index in [1.165, 1.54) is 5.57 Å². The van der Waals surface area contributed by atoms with Crippen LogP contribution < -0.4 is 16.4 Å². The molecule has 1 aliphatic heterocycles. The van der Waals surface area contributed by atoms with Gasteiger partial charge in [0.1, 0.15) is 5.82 Å². The number of rotatable bonds is 3. The number of fused-ring (bicyclic) bond motifs is 1. The Labute approximate surface area is 157 Å². The van der Waals surface area contributed by atoms with Crippen LogP contribution in [-0.2, 0) is 4.79 Å². The molecule has 4 N–H and O–H groups in total. The Hall–Kier alpha value is -3.33. The standard InChI is InChI=1S/C21H21N5O/c1-11-3-4-24-9-17(11)15-5-13-7-19(25-10-18(13)20(23)12(15)2)26-21(27)16-6-14(16)8-22/h3-5,7,9-11,14,16,24H,6,23H2,1-2H3,(H,25,26,27). The van der Waals surface area contributed by atoms with Crippen LogP contribution in [0.25, 0.3) is 16.3 Å². The SMILES string of the molecule is Cc1c(C2=CNC=CC2C)cc2cc(NC(=O)C3CC3C#N)ncc2c1N. The lowest BCUT2D eigenvalue weighted by Gasteiger charge is -2.21. The second-order valence-electron chi connectivity index (χ2n) is 7.23. The van der Waals surface area contributed by atoms with Crippen LogP contribution in [0, 0.1) is 36.0 Å². The first-order valence-corrected chi connectivity index (χ1v) is 9.02. The number of hydrogen-bond donors (Lipinski definition) is 3. The third-order valence-electron chi connectivity index (χ3n) is 5.40. The normalized spacial score (nSPS) is 23.3. The highest BCUT2D eigenvalue weighted by molar-refractivity contribution is 6.01. The van der Waals surface area contributed by atoms with Crippen LogP contribution in [0.15, 0.2) is 36.8 Å². The fourth-order valence-electron chi connectivity index (χ4n) is 3.54. The van der Waals surface area contributed by atoms with Crippen molar-refractivity contribution in [2.24, 2.45) is 17.8 Å². The van der Waals surface area contributed by atoms with Crippen molar-refractivity contribution in [3.8, 4) is 6.07 Å². The maximum atomic E-state index is 12.2. The van der Waals surface area contributed by atoms with E-state index in [0.717, 1.165) is 21.9 Å². The number of carbonyl (C=O) groups excluding carboxylic acids is 1. The van der Waals surface area contributed by atoms with E-state index in [-0.39, 0.29) is 23.7 Å². The van der Waals surface area contributed by atoms with Gasteiger partial charge >= 0.3 is 0 Å². The molecule has 6 heteroatoms. The van der Waals surface area contributed by atoms with Gasteiger partial charge in [0, 0.05) is 29.4 Å². The summed E-state index contributed by atoms with van der Waals surface area (Å²) >= 11 is 0. The first kappa shape index (κ1) is 17.1. The summed E-state index contributed by atoms with van der Waals surface area (Å²) in [4.78, 5) is 16.5. The number of nitrogen functional groups attached to an aromatic ring is 1. The highest BCUT2D eigenvalue weighted by Crippen LogP contribution is 2.39. The number of amides is 1. The molecule has 1 amide bonds. The quantitative estimate of drug-likeness (QED) is 0.729. The van der Waals surface area contributed by atoms with Gasteiger partial charge in [-0.05, 0) is 53.8 Å². The molecule has 0 saturated heterocycles. The van der Waals surface area contributed by atoms with Crippen LogP contribution in [0.1, 0.15) is 24.5 Å². The molecule has 1 aromatic heterocycles. The van der Waals surface area contributed by atoms with E-state index < -0.39 is 0 Å². The van der Waals surface area contributed by atoms with Crippen LogP contribution >= 0.6 is 0 Å². The summed E-state index contributed by atoms with van der Waals surface area (Å²) in [5.74, 6) is 0.217. The van der Waals surface area contributed by atoms with Crippen molar-refractivity contribution in [2.75, 3.05) is 11.1 Å². The molecule has 0 spiro atoms. The van der Waals surface area contributed by atoms with Crippen LogP contribution in [-0.4, -0.2) is 10.9 Å². The third kappa shape index (κ3) is 3.02. The lowest BCUT2D eigenvalue weighted by atomic mass is 9.88. The highest BCUT2D eigenvalue weighted by Gasteiger charge is 2.43. The Kier molecular flexibility index (Phi) is 4.08. The number of nitrogens with two attached hydrogens (primary N) is 1. The van der Waals surface area contributed by atoms with E-state index in [2.05, 4.69) is 40.8 Å². The van der Waals surface area contributed by atoms with Gasteiger partial charge in [0.15, 0.2) is 0 Å². The van der Waals surface area contributed by atoms with E-state index in [1.807, 2.05) is 25.4 Å². The molecule has 1 aromatic carbocycles. The van der Waals surface area contributed by atoms with Gasteiger partial charge in [0.05, 0.1) is 17.9 Å². The Bertz CT molecular complexity index is 1050. The number of pyridine rings is 1. The van der Waals surface area contributed by atoms with Gasteiger partial charge < -0.3 is 16.4 Å². The van der Waals surface area contributed by atoms with Crippen LogP contribution in [0.5, 0.6) is 0 Å². The van der Waals surface area contributed by atoms with Crippen molar-refractivity contribution < 1.29 is 4.79 Å². The van der Waals surface area contributed by atoms with Crippen molar-refractivity contribution in [1.29, 1.82) is 5.26 Å². The van der Waals surface area contributed by atoms with Gasteiger partial charge in [-0.1, -0.05) is 13.0 Å². The zero-order valence-electron chi connectivity index (χ0n) is 15.3. The Balaban J connectivity index is 1.70. The van der Waals surface area contributed by atoms with E-state index in [9.17, 15) is 4.79 Å². The molecule has 6 nitrogen and oxygen atoms in total. The van der Waals surface area contributed by atoms with Crippen LogP contribution in [0.2, 0.25) is 0 Å². The number of nitrogens with one attached hydrogen (secondary N) is 2. The molecule has 136 valence electrons. The predicted molar refractivity (Wildman–Crippen MR) is 106 cm³/mol. The van der Waals surface area contributed by atoms with Crippen molar-refractivity contribution in [1.82, 2.24) is 10.3 Å². The van der Waals surface area contributed by atoms with Gasteiger partial charge in [-0.3, -0.25) is 4.79 Å². The number of nitriles is 1. The molecule has 2 aliphatic rings. The van der Waals surface area contributed by atoms with Crippen molar-refractivity contribution >= 4 is 33.8 Å². The van der Waals surface area contributed by atoms with Gasteiger partial charge in [0.2, 0.25) is 5.91 Å². The molecule has 4 rings (SSSR count). The molecule has 3 atom stereocenters. The first-order chi connectivity index (χ1) is 13.0. The number of hydrogen-bond acceptors (Lipinski definition) is 5. The minimum absolute atomic E-state index is 0.147. The Morgan fingerprint density at radius 1 is 1.44 bits per heavy atom. The van der Waals surface area contributed by atoms with E-state index >= 15 is 0 Å². The summed E-state index contributed by atoms with van der Waals surface area (Å²) in [6.45, 7) is 4.16. The first-order valence-electron chi connectivity index (χ1n) is 9.02. The molecule has 1 fully saturated rings. The average molecular weight is 359 g/mol. The summed E-state index contributed by atoms with van der Waals surface area (Å²) in [6, 6.07) is 6.07. The topological polar surface area (TPSA) is 104 Å². The molecule has 3 unspecified atom stereocenters. The largest absolute Gasteiger partial charge is 0.398 e. The number of benzene rings is 1. The fourth-order valence-corrected chi connectivity index (χ4v) is 3.54. The van der Waals surface area contributed by atoms with Crippen molar-refractivity contribution in [3.05, 3.63) is 47.9 Å². The molecule has 2 heterocycles. The molecule has 0 radical (unpaired) electrons. The van der Waals surface area contributed by atoms with Crippen molar-refractivity contribution in [3.63, 3.8) is 0 Å². The summed E-state index contributed by atoms with van der Waals surface area (Å²) in [5.41, 5.74) is 10.4. The second kappa shape index (κ2) is 6.44. The van der Waals surface area contributed by atoms with Crippen molar-refractivity contribution in [2.45, 2.75) is 20.3 Å². The predicted octanol–water partition coefficient (Wildman–Crippen LogP) is 3.32. The number of carbonyl (C=O) groups is 1. The molecular weight excluding hydrogens is 338 g/mol. The third-order valence-corrected chi connectivity index (χ3v) is 5.40. The van der Waals surface area contributed by atoms with Crippen LogP contribution in [0.4, 0.5) is 11.5 Å². The highest BCUT2D eigenvalue weighted by atomic mass is 16.2. The lowest BCUT2D eigenvalue weighted by Crippen LogP contribution is -2.15. The summed E-state index contributed by atoms with van der Waals surface area (Å²) < 4.78 is 0. The maximum Gasteiger partial charge on any atom is 0.230 e. The lowest BCUT2D eigenvalue weighted by molar-refractivity contribution is -0.117. The Morgan fingerprint density at radius 2 is 2.26 bits per heavy atom. The number of allylic oxidation sites excluding steroid dienone is 2. The number of nitrogens with zero attached hydrogens (tertiary/aromatic N) is 2. The smallest absolute Gasteiger partial charge is 0.230 e. The maximum absolute atomic E-state index is 12.2. The summed E-state index contributed by atoms with van der Waals surface area (Å²) in [5, 5.41) is 16.6. The summed E-state index contributed by atoms with van der Waals surface area (Å²) in [6.07, 6.45) is 8.35. The summed E-state index contributed by atoms with van der Waals surface area (Å²) in [7, 11) is 0. The molecule has 1 aliphatic carbocycles. The van der Waals surface area contributed by atoms with Gasteiger partial charge in [0.25, 0.3) is 0 Å².